The van der Waals surface area contributed by atoms with Gasteiger partial charge in [-0.1, -0.05) is 31.0 Å². The molecule has 2 aromatic rings. The third-order valence-corrected chi connectivity index (χ3v) is 4.42. The maximum Gasteiger partial charge on any atom is 0.226 e. The minimum absolute atomic E-state index is 0.0306. The van der Waals surface area contributed by atoms with Crippen LogP contribution in [0.5, 0.6) is 0 Å². The lowest BCUT2D eigenvalue weighted by Crippen LogP contribution is -2.43. The predicted octanol–water partition coefficient (Wildman–Crippen LogP) is 2.85. The van der Waals surface area contributed by atoms with Crippen molar-refractivity contribution in [2.75, 3.05) is 11.9 Å². The number of hydrogen-bond donors (Lipinski definition) is 2. The molecule has 2 atom stereocenters. The zero-order valence-electron chi connectivity index (χ0n) is 13.0. The highest BCUT2D eigenvalue weighted by Gasteiger charge is 2.31. The van der Waals surface area contributed by atoms with Crippen LogP contribution in [0.2, 0.25) is 0 Å². The van der Waals surface area contributed by atoms with E-state index < -0.39 is 0 Å². The number of hydrogen-bond acceptors (Lipinski definition) is 4. The van der Waals surface area contributed by atoms with Gasteiger partial charge in [0.25, 0.3) is 0 Å². The van der Waals surface area contributed by atoms with E-state index in [1.165, 1.54) is 0 Å². The fourth-order valence-electron chi connectivity index (χ4n) is 3.30. The van der Waals surface area contributed by atoms with E-state index in [-0.39, 0.29) is 24.4 Å². The molecule has 0 bridgehead atoms. The van der Waals surface area contributed by atoms with Crippen LogP contribution in [-0.4, -0.2) is 23.5 Å². The normalized spacial score (nSPS) is 20.7. The third-order valence-electron chi connectivity index (χ3n) is 4.42. The summed E-state index contributed by atoms with van der Waals surface area (Å²) in [7, 11) is 0. The van der Waals surface area contributed by atoms with Gasteiger partial charge in [0, 0.05) is 17.6 Å². The summed E-state index contributed by atoms with van der Waals surface area (Å²) >= 11 is 0. The minimum Gasteiger partial charge on any atom is -0.380 e. The van der Waals surface area contributed by atoms with Gasteiger partial charge in [0.05, 0.1) is 23.2 Å². The van der Waals surface area contributed by atoms with E-state index in [1.54, 1.807) is 6.20 Å². The Morgan fingerprint density at radius 2 is 2.09 bits per heavy atom. The SMILES string of the molecule is N#CCNC(=O)C1CCCCC1Nc1cccc2cccnc12. The molecule has 1 aliphatic rings. The number of nitrogens with one attached hydrogen (secondary N) is 2. The Hall–Kier alpha value is -2.61. The first-order valence-electron chi connectivity index (χ1n) is 8.04. The third kappa shape index (κ3) is 3.42. The topological polar surface area (TPSA) is 77.8 Å². The lowest BCUT2D eigenvalue weighted by molar-refractivity contribution is -0.125. The fraction of sp³-hybridized carbons (Fsp3) is 0.389. The van der Waals surface area contributed by atoms with Crippen LogP contribution >= 0.6 is 0 Å². The summed E-state index contributed by atoms with van der Waals surface area (Å²) in [5.41, 5.74) is 1.89. The number of amides is 1. The van der Waals surface area contributed by atoms with Crippen molar-refractivity contribution in [1.29, 1.82) is 5.26 Å². The fourth-order valence-corrected chi connectivity index (χ4v) is 3.30. The van der Waals surface area contributed by atoms with E-state index in [1.807, 2.05) is 36.4 Å². The molecule has 1 fully saturated rings. The van der Waals surface area contributed by atoms with Crippen LogP contribution in [0.15, 0.2) is 36.5 Å². The van der Waals surface area contributed by atoms with Crippen LogP contribution in [0.25, 0.3) is 10.9 Å². The molecular formula is C18H20N4O. The number of nitriles is 1. The van der Waals surface area contributed by atoms with Crippen molar-refractivity contribution in [3.05, 3.63) is 36.5 Å². The zero-order chi connectivity index (χ0) is 16.1. The smallest absolute Gasteiger partial charge is 0.226 e. The standard InChI is InChI=1S/C18H20N4O/c19-10-12-21-18(23)14-7-1-2-8-15(14)22-16-9-3-5-13-6-4-11-20-17(13)16/h3-6,9,11,14-15,22H,1-2,7-8,12H2,(H,21,23). The first kappa shape index (κ1) is 15.3. The molecule has 0 aliphatic heterocycles. The maximum atomic E-state index is 12.3. The minimum atomic E-state index is -0.101. The van der Waals surface area contributed by atoms with E-state index >= 15 is 0 Å². The van der Waals surface area contributed by atoms with E-state index in [0.29, 0.717) is 0 Å². The van der Waals surface area contributed by atoms with Gasteiger partial charge in [0.1, 0.15) is 6.54 Å². The Balaban J connectivity index is 1.81. The van der Waals surface area contributed by atoms with Gasteiger partial charge < -0.3 is 10.6 Å². The van der Waals surface area contributed by atoms with Crippen LogP contribution < -0.4 is 10.6 Å². The molecule has 3 rings (SSSR count). The molecule has 1 saturated carbocycles. The summed E-state index contributed by atoms with van der Waals surface area (Å²) in [6.45, 7) is 0.0673. The summed E-state index contributed by atoms with van der Waals surface area (Å²) in [6, 6.07) is 12.0. The highest BCUT2D eigenvalue weighted by molar-refractivity contribution is 5.90. The van der Waals surface area contributed by atoms with Gasteiger partial charge in [-0.15, -0.1) is 0 Å². The largest absolute Gasteiger partial charge is 0.380 e. The number of rotatable bonds is 4. The second-order valence-corrected chi connectivity index (χ2v) is 5.90. The molecule has 5 nitrogen and oxygen atoms in total. The van der Waals surface area contributed by atoms with Gasteiger partial charge in [0.15, 0.2) is 0 Å². The van der Waals surface area contributed by atoms with Crippen molar-refractivity contribution < 1.29 is 4.79 Å². The van der Waals surface area contributed by atoms with Crippen molar-refractivity contribution in [2.24, 2.45) is 5.92 Å². The molecule has 2 unspecified atom stereocenters. The van der Waals surface area contributed by atoms with Crippen LogP contribution in [0.4, 0.5) is 5.69 Å². The quantitative estimate of drug-likeness (QED) is 0.851. The average Bonchev–Trinajstić information content (AvgIpc) is 2.60. The Morgan fingerprint density at radius 3 is 2.96 bits per heavy atom. The van der Waals surface area contributed by atoms with Crippen molar-refractivity contribution >= 4 is 22.5 Å². The number of nitrogens with zero attached hydrogens (tertiary/aromatic N) is 2. The number of benzene rings is 1. The average molecular weight is 308 g/mol. The molecular weight excluding hydrogens is 288 g/mol. The molecule has 0 radical (unpaired) electrons. The molecule has 1 heterocycles. The van der Waals surface area contributed by atoms with Crippen LogP contribution in [0.3, 0.4) is 0 Å². The molecule has 23 heavy (non-hydrogen) atoms. The van der Waals surface area contributed by atoms with Crippen molar-refractivity contribution in [3.8, 4) is 6.07 Å². The van der Waals surface area contributed by atoms with Gasteiger partial charge in [0.2, 0.25) is 5.91 Å². The molecule has 0 saturated heterocycles. The molecule has 1 aliphatic carbocycles. The molecule has 1 aromatic carbocycles. The highest BCUT2D eigenvalue weighted by atomic mass is 16.1. The second kappa shape index (κ2) is 7.10. The van der Waals surface area contributed by atoms with Crippen molar-refractivity contribution in [3.63, 3.8) is 0 Å². The predicted molar refractivity (Wildman–Crippen MR) is 89.7 cm³/mol. The van der Waals surface area contributed by atoms with Gasteiger partial charge in [-0.2, -0.15) is 5.26 Å². The number of para-hydroxylation sites is 1. The highest BCUT2D eigenvalue weighted by Crippen LogP contribution is 2.29. The lowest BCUT2D eigenvalue weighted by atomic mass is 9.83. The number of fused-ring (bicyclic) bond motifs is 1. The number of carbonyl (C=O) groups excluding carboxylic acids is 1. The van der Waals surface area contributed by atoms with Crippen LogP contribution in [-0.2, 0) is 4.79 Å². The van der Waals surface area contributed by atoms with Crippen LogP contribution in [0.1, 0.15) is 25.7 Å². The summed E-state index contributed by atoms with van der Waals surface area (Å²) in [5, 5.41) is 16.0. The van der Waals surface area contributed by atoms with E-state index in [0.717, 1.165) is 42.3 Å². The Kier molecular flexibility index (Phi) is 4.72. The van der Waals surface area contributed by atoms with Crippen molar-refractivity contribution in [2.45, 2.75) is 31.7 Å². The van der Waals surface area contributed by atoms with Gasteiger partial charge in [-0.3, -0.25) is 9.78 Å². The molecule has 1 amide bonds. The van der Waals surface area contributed by atoms with Gasteiger partial charge >= 0.3 is 0 Å². The number of aromatic nitrogens is 1. The lowest BCUT2D eigenvalue weighted by Gasteiger charge is -2.32. The molecule has 1 aromatic heterocycles. The number of anilines is 1. The molecule has 5 heteroatoms. The summed E-state index contributed by atoms with van der Waals surface area (Å²) in [4.78, 5) is 16.8. The van der Waals surface area contributed by atoms with E-state index in [9.17, 15) is 4.79 Å². The van der Waals surface area contributed by atoms with Gasteiger partial charge in [-0.25, -0.2) is 0 Å². The molecule has 118 valence electrons. The van der Waals surface area contributed by atoms with Gasteiger partial charge in [-0.05, 0) is 25.0 Å². The van der Waals surface area contributed by atoms with Crippen LogP contribution in [0, 0.1) is 17.2 Å². The number of pyridine rings is 1. The Labute approximate surface area is 135 Å². The molecule has 2 N–H and O–H groups in total. The monoisotopic (exact) mass is 308 g/mol. The summed E-state index contributed by atoms with van der Waals surface area (Å²) < 4.78 is 0. The zero-order valence-corrected chi connectivity index (χ0v) is 13.0. The maximum absolute atomic E-state index is 12.3. The Bertz CT molecular complexity index is 732. The summed E-state index contributed by atoms with van der Waals surface area (Å²) in [5.74, 6) is -0.131. The number of carbonyl (C=O) groups is 1. The first-order chi connectivity index (χ1) is 11.3. The van der Waals surface area contributed by atoms with E-state index in [4.69, 9.17) is 5.26 Å². The first-order valence-corrected chi connectivity index (χ1v) is 8.04. The van der Waals surface area contributed by atoms with Crippen molar-refractivity contribution in [1.82, 2.24) is 10.3 Å². The molecule has 0 spiro atoms. The van der Waals surface area contributed by atoms with E-state index in [2.05, 4.69) is 15.6 Å². The Morgan fingerprint density at radius 1 is 1.26 bits per heavy atom. The second-order valence-electron chi connectivity index (χ2n) is 5.90. The summed E-state index contributed by atoms with van der Waals surface area (Å²) in [6.07, 6.45) is 5.75.